The Morgan fingerprint density at radius 3 is 2.33 bits per heavy atom. The number of carbonyl (C=O) groups excluding carboxylic acids is 2. The van der Waals surface area contributed by atoms with E-state index < -0.39 is 5.92 Å². The van der Waals surface area contributed by atoms with Gasteiger partial charge in [-0.25, -0.2) is 0 Å². The molecule has 12 heavy (non-hydrogen) atoms. The molecular weight excluding hydrogens is 156 g/mol. The van der Waals surface area contributed by atoms with Gasteiger partial charge in [0.25, 0.3) is 0 Å². The van der Waals surface area contributed by atoms with Crippen molar-refractivity contribution in [2.75, 3.05) is 13.1 Å². The summed E-state index contributed by atoms with van der Waals surface area (Å²) in [7, 11) is 0. The Hall–Kier alpha value is -1.19. The van der Waals surface area contributed by atoms with E-state index in [9.17, 15) is 9.59 Å². The summed E-state index contributed by atoms with van der Waals surface area (Å²) in [5.41, 5.74) is 0. The normalized spacial score (nSPS) is 15.8. The van der Waals surface area contributed by atoms with Crippen LogP contribution in [0.15, 0.2) is 4.99 Å². The standard InChI is InChI=1S/C8H12N2O2/c1-5(11)7(6(2)12)8-9-3-4-10-8/h7H,3-4H2,1-2H3,(H,9,10). The third-order valence-electron chi connectivity index (χ3n) is 1.79. The molecule has 1 rings (SSSR count). The summed E-state index contributed by atoms with van der Waals surface area (Å²) in [5, 5.41) is 2.93. The van der Waals surface area contributed by atoms with Crippen LogP contribution in [0.2, 0.25) is 0 Å². The average molecular weight is 168 g/mol. The van der Waals surface area contributed by atoms with Crippen LogP contribution in [0.25, 0.3) is 0 Å². The Labute approximate surface area is 71.1 Å². The first-order chi connectivity index (χ1) is 5.63. The molecule has 0 saturated carbocycles. The maximum absolute atomic E-state index is 11.0. The Bertz CT molecular complexity index is 231. The van der Waals surface area contributed by atoms with Crippen molar-refractivity contribution in [1.29, 1.82) is 0 Å². The summed E-state index contributed by atoms with van der Waals surface area (Å²) in [6, 6.07) is 0. The van der Waals surface area contributed by atoms with Gasteiger partial charge in [0.2, 0.25) is 0 Å². The lowest BCUT2D eigenvalue weighted by molar-refractivity contribution is -0.127. The van der Waals surface area contributed by atoms with Crippen molar-refractivity contribution in [1.82, 2.24) is 5.32 Å². The molecule has 0 radical (unpaired) electrons. The molecule has 0 aromatic carbocycles. The number of hydrogen-bond donors (Lipinski definition) is 1. The van der Waals surface area contributed by atoms with E-state index in [1.54, 1.807) is 0 Å². The number of ketones is 2. The largest absolute Gasteiger partial charge is 0.371 e. The monoisotopic (exact) mass is 168 g/mol. The molecule has 0 amide bonds. The Balaban J connectivity index is 2.78. The van der Waals surface area contributed by atoms with Gasteiger partial charge in [0, 0.05) is 6.54 Å². The lowest BCUT2D eigenvalue weighted by atomic mass is 10.00. The highest BCUT2D eigenvalue weighted by atomic mass is 16.1. The van der Waals surface area contributed by atoms with Gasteiger partial charge in [-0.3, -0.25) is 14.6 Å². The molecule has 0 spiro atoms. The molecule has 66 valence electrons. The lowest BCUT2D eigenvalue weighted by Crippen LogP contribution is -2.35. The van der Waals surface area contributed by atoms with Crippen molar-refractivity contribution in [3.05, 3.63) is 0 Å². The molecule has 4 heteroatoms. The van der Waals surface area contributed by atoms with Gasteiger partial charge in [-0.1, -0.05) is 0 Å². The van der Waals surface area contributed by atoms with Crippen molar-refractivity contribution in [3.63, 3.8) is 0 Å². The fourth-order valence-electron chi connectivity index (χ4n) is 1.28. The topological polar surface area (TPSA) is 58.5 Å². The number of nitrogens with one attached hydrogen (secondary N) is 1. The summed E-state index contributed by atoms with van der Waals surface area (Å²) in [6.07, 6.45) is 0. The van der Waals surface area contributed by atoms with Gasteiger partial charge in [-0.2, -0.15) is 0 Å². The quantitative estimate of drug-likeness (QED) is 0.593. The van der Waals surface area contributed by atoms with Crippen LogP contribution < -0.4 is 5.32 Å². The molecule has 0 aromatic rings. The van der Waals surface area contributed by atoms with Crippen LogP contribution in [-0.2, 0) is 9.59 Å². The van der Waals surface area contributed by atoms with Crippen LogP contribution in [0, 0.1) is 5.92 Å². The van der Waals surface area contributed by atoms with Crippen molar-refractivity contribution in [2.45, 2.75) is 13.8 Å². The molecule has 1 N–H and O–H groups in total. The Kier molecular flexibility index (Phi) is 2.58. The van der Waals surface area contributed by atoms with Crippen molar-refractivity contribution in [2.24, 2.45) is 10.9 Å². The first-order valence-corrected chi connectivity index (χ1v) is 3.92. The van der Waals surface area contributed by atoms with E-state index in [-0.39, 0.29) is 11.6 Å². The van der Waals surface area contributed by atoms with Crippen molar-refractivity contribution in [3.8, 4) is 0 Å². The highest BCUT2D eigenvalue weighted by molar-refractivity contribution is 6.19. The average Bonchev–Trinajstić information content (AvgIpc) is 2.37. The zero-order valence-corrected chi connectivity index (χ0v) is 7.26. The van der Waals surface area contributed by atoms with E-state index in [0.717, 1.165) is 6.54 Å². The molecule has 0 bridgehead atoms. The summed E-state index contributed by atoms with van der Waals surface area (Å²) in [4.78, 5) is 26.1. The molecule has 0 aliphatic carbocycles. The maximum Gasteiger partial charge on any atom is 0.147 e. The van der Waals surface area contributed by atoms with E-state index in [1.807, 2.05) is 0 Å². The number of amidine groups is 1. The molecule has 0 aromatic heterocycles. The number of Topliss-reactive ketones (excluding diaryl/α,β-unsaturated/α-hetero) is 2. The molecule has 1 aliphatic heterocycles. The zero-order chi connectivity index (χ0) is 9.14. The highest BCUT2D eigenvalue weighted by Gasteiger charge is 2.26. The van der Waals surface area contributed by atoms with Crippen LogP contribution in [0.1, 0.15) is 13.8 Å². The van der Waals surface area contributed by atoms with Crippen LogP contribution in [-0.4, -0.2) is 30.5 Å². The first-order valence-electron chi connectivity index (χ1n) is 3.92. The molecule has 1 heterocycles. The first kappa shape index (κ1) is 8.90. The molecule has 1 aliphatic rings. The third kappa shape index (κ3) is 1.69. The maximum atomic E-state index is 11.0. The fourth-order valence-corrected chi connectivity index (χ4v) is 1.28. The predicted octanol–water partition coefficient (Wildman–Crippen LogP) is -0.218. The lowest BCUT2D eigenvalue weighted by Gasteiger charge is -2.09. The second-order valence-corrected chi connectivity index (χ2v) is 2.85. The summed E-state index contributed by atoms with van der Waals surface area (Å²) >= 11 is 0. The van der Waals surface area contributed by atoms with Gasteiger partial charge in [-0.05, 0) is 13.8 Å². The fraction of sp³-hybridized carbons (Fsp3) is 0.625. The number of rotatable bonds is 3. The van der Waals surface area contributed by atoms with Gasteiger partial charge < -0.3 is 5.32 Å². The molecule has 4 nitrogen and oxygen atoms in total. The van der Waals surface area contributed by atoms with Crippen molar-refractivity contribution < 1.29 is 9.59 Å². The van der Waals surface area contributed by atoms with Gasteiger partial charge >= 0.3 is 0 Å². The molecular formula is C8H12N2O2. The minimum atomic E-state index is -0.660. The van der Waals surface area contributed by atoms with Crippen LogP contribution in [0.4, 0.5) is 0 Å². The number of carbonyl (C=O) groups is 2. The SMILES string of the molecule is CC(=O)C(C(C)=O)C1=NCCN1. The van der Waals surface area contributed by atoms with E-state index in [0.29, 0.717) is 12.4 Å². The van der Waals surface area contributed by atoms with E-state index >= 15 is 0 Å². The molecule has 0 saturated heterocycles. The zero-order valence-electron chi connectivity index (χ0n) is 7.26. The molecule has 0 unspecified atom stereocenters. The summed E-state index contributed by atoms with van der Waals surface area (Å²) < 4.78 is 0. The van der Waals surface area contributed by atoms with Crippen LogP contribution in [0.3, 0.4) is 0 Å². The summed E-state index contributed by atoms with van der Waals surface area (Å²) in [6.45, 7) is 4.21. The molecule has 0 fully saturated rings. The minimum Gasteiger partial charge on any atom is -0.371 e. The highest BCUT2D eigenvalue weighted by Crippen LogP contribution is 2.04. The van der Waals surface area contributed by atoms with Gasteiger partial charge in [0.05, 0.1) is 6.54 Å². The minimum absolute atomic E-state index is 0.143. The van der Waals surface area contributed by atoms with Gasteiger partial charge in [0.15, 0.2) is 0 Å². The van der Waals surface area contributed by atoms with Crippen molar-refractivity contribution >= 4 is 17.4 Å². The number of aliphatic imine (C=N–C) groups is 1. The number of nitrogens with zero attached hydrogens (tertiary/aromatic N) is 1. The Morgan fingerprint density at radius 1 is 1.42 bits per heavy atom. The van der Waals surface area contributed by atoms with Crippen LogP contribution in [0.5, 0.6) is 0 Å². The van der Waals surface area contributed by atoms with Gasteiger partial charge in [0.1, 0.15) is 23.3 Å². The second kappa shape index (κ2) is 3.47. The second-order valence-electron chi connectivity index (χ2n) is 2.85. The smallest absolute Gasteiger partial charge is 0.147 e. The molecule has 0 atom stereocenters. The van der Waals surface area contributed by atoms with E-state index in [1.165, 1.54) is 13.8 Å². The van der Waals surface area contributed by atoms with E-state index in [2.05, 4.69) is 10.3 Å². The third-order valence-corrected chi connectivity index (χ3v) is 1.79. The predicted molar refractivity (Wildman–Crippen MR) is 45.2 cm³/mol. The number of hydrogen-bond acceptors (Lipinski definition) is 4. The Morgan fingerprint density at radius 2 is 2.00 bits per heavy atom. The van der Waals surface area contributed by atoms with Gasteiger partial charge in [-0.15, -0.1) is 0 Å². The van der Waals surface area contributed by atoms with E-state index in [4.69, 9.17) is 0 Å². The summed E-state index contributed by atoms with van der Waals surface area (Å²) in [5.74, 6) is -0.409. The van der Waals surface area contributed by atoms with Crippen LogP contribution >= 0.6 is 0 Å².